The average molecular weight is 302 g/mol. The Morgan fingerprint density at radius 2 is 1.85 bits per heavy atom. The highest BCUT2D eigenvalue weighted by molar-refractivity contribution is 8.25. The van der Waals surface area contributed by atoms with Gasteiger partial charge in [0.25, 0.3) is 0 Å². The number of ketones is 1. The molecule has 2 atom stereocenters. The maximum absolute atomic E-state index is 13.0. The number of rotatable bonds is 1. The molecule has 0 radical (unpaired) electrons. The zero-order chi connectivity index (χ0) is 13.6. The molecule has 1 spiro atoms. The second-order valence-electron chi connectivity index (χ2n) is 5.97. The van der Waals surface area contributed by atoms with E-state index in [1.165, 1.54) is 33.3 Å². The zero-order valence-electron chi connectivity index (χ0n) is 11.4. The van der Waals surface area contributed by atoms with Crippen molar-refractivity contribution < 1.29 is 4.79 Å². The lowest BCUT2D eigenvalue weighted by Gasteiger charge is -2.25. The Hall–Kier alpha value is -0.670. The first-order valence-corrected chi connectivity index (χ1v) is 9.37. The largest absolute Gasteiger partial charge is 0.294 e. The molecule has 1 aromatic rings. The molecule has 2 aliphatic carbocycles. The summed E-state index contributed by atoms with van der Waals surface area (Å²) in [5.74, 6) is 3.30. The van der Waals surface area contributed by atoms with E-state index in [0.29, 0.717) is 11.7 Å². The molecule has 104 valence electrons. The van der Waals surface area contributed by atoms with Crippen molar-refractivity contribution in [2.24, 2.45) is 5.41 Å². The highest BCUT2D eigenvalue weighted by Gasteiger charge is 2.61. The minimum absolute atomic E-state index is 0.0361. The molecule has 0 bridgehead atoms. The monoisotopic (exact) mass is 302 g/mol. The van der Waals surface area contributed by atoms with Crippen LogP contribution in [0, 0.1) is 5.41 Å². The molecule has 4 rings (SSSR count). The number of hydrogen-bond donors (Lipinski definition) is 0. The van der Waals surface area contributed by atoms with Gasteiger partial charge in [0.05, 0.1) is 0 Å². The molecule has 0 amide bonds. The molecular weight excluding hydrogens is 284 g/mol. The fourth-order valence-electron chi connectivity index (χ4n) is 3.74. The topological polar surface area (TPSA) is 17.1 Å². The smallest absolute Gasteiger partial charge is 0.167 e. The van der Waals surface area contributed by atoms with Gasteiger partial charge in [0.2, 0.25) is 0 Å². The SMILES string of the molecule is O=C1C(=C2SCCS2)CCCC12CC2c1ccccc1. The third-order valence-corrected chi connectivity index (χ3v) is 7.65. The molecule has 3 fully saturated rings. The minimum atomic E-state index is -0.0361. The van der Waals surface area contributed by atoms with Crippen molar-refractivity contribution in [3.05, 3.63) is 45.7 Å². The van der Waals surface area contributed by atoms with E-state index in [-0.39, 0.29) is 5.41 Å². The zero-order valence-corrected chi connectivity index (χ0v) is 13.1. The van der Waals surface area contributed by atoms with Gasteiger partial charge in [0.15, 0.2) is 5.78 Å². The van der Waals surface area contributed by atoms with Crippen molar-refractivity contribution in [1.29, 1.82) is 0 Å². The van der Waals surface area contributed by atoms with Crippen LogP contribution in [0.15, 0.2) is 40.1 Å². The van der Waals surface area contributed by atoms with E-state index in [4.69, 9.17) is 0 Å². The third-order valence-electron chi connectivity index (χ3n) is 4.85. The number of thioether (sulfide) groups is 2. The Labute approximate surface area is 128 Å². The van der Waals surface area contributed by atoms with Gasteiger partial charge in [-0.05, 0) is 37.2 Å². The Morgan fingerprint density at radius 3 is 2.60 bits per heavy atom. The number of carbonyl (C=O) groups excluding carboxylic acids is 1. The second kappa shape index (κ2) is 4.96. The molecule has 1 aromatic carbocycles. The van der Waals surface area contributed by atoms with Crippen molar-refractivity contribution in [2.45, 2.75) is 31.6 Å². The number of benzene rings is 1. The fraction of sp³-hybridized carbons (Fsp3) is 0.471. The first-order chi connectivity index (χ1) is 9.81. The van der Waals surface area contributed by atoms with E-state index in [9.17, 15) is 4.79 Å². The predicted octanol–water partition coefficient (Wildman–Crippen LogP) is 4.60. The first kappa shape index (κ1) is 13.0. The maximum Gasteiger partial charge on any atom is 0.167 e. The Kier molecular flexibility index (Phi) is 3.23. The van der Waals surface area contributed by atoms with E-state index in [1.54, 1.807) is 0 Å². The van der Waals surface area contributed by atoms with E-state index < -0.39 is 0 Å². The highest BCUT2D eigenvalue weighted by atomic mass is 32.2. The number of carbonyl (C=O) groups is 1. The lowest BCUT2D eigenvalue weighted by Crippen LogP contribution is -2.25. The van der Waals surface area contributed by atoms with Crippen LogP contribution in [-0.4, -0.2) is 17.3 Å². The standard InChI is InChI=1S/C17H18OS2/c18-15-13(16-19-9-10-20-16)7-4-8-17(15)11-14(17)12-5-2-1-3-6-12/h1-3,5-6,14H,4,7-11H2. The van der Waals surface area contributed by atoms with Crippen LogP contribution in [0.25, 0.3) is 0 Å². The average Bonchev–Trinajstić information content (AvgIpc) is 2.95. The van der Waals surface area contributed by atoms with Crippen LogP contribution in [-0.2, 0) is 4.79 Å². The maximum atomic E-state index is 13.0. The molecule has 1 saturated heterocycles. The molecular formula is C17H18OS2. The van der Waals surface area contributed by atoms with Crippen molar-refractivity contribution in [2.75, 3.05) is 11.5 Å². The number of hydrogen-bond acceptors (Lipinski definition) is 3. The lowest BCUT2D eigenvalue weighted by atomic mass is 9.79. The molecule has 3 aliphatic rings. The van der Waals surface area contributed by atoms with Gasteiger partial charge in [-0.25, -0.2) is 0 Å². The van der Waals surface area contributed by atoms with Crippen molar-refractivity contribution >= 4 is 29.3 Å². The van der Waals surface area contributed by atoms with Crippen LogP contribution < -0.4 is 0 Å². The molecule has 1 aliphatic heterocycles. The minimum Gasteiger partial charge on any atom is -0.294 e. The van der Waals surface area contributed by atoms with Crippen molar-refractivity contribution in [1.82, 2.24) is 0 Å². The van der Waals surface area contributed by atoms with Gasteiger partial charge in [-0.1, -0.05) is 30.3 Å². The van der Waals surface area contributed by atoms with E-state index in [2.05, 4.69) is 30.3 Å². The molecule has 1 nitrogen and oxygen atoms in total. The molecule has 20 heavy (non-hydrogen) atoms. The van der Waals surface area contributed by atoms with Crippen LogP contribution >= 0.6 is 23.5 Å². The van der Waals surface area contributed by atoms with Crippen LogP contribution in [0.5, 0.6) is 0 Å². The lowest BCUT2D eigenvalue weighted by molar-refractivity contribution is -0.122. The van der Waals surface area contributed by atoms with Gasteiger partial charge in [-0.2, -0.15) is 0 Å². The summed E-state index contributed by atoms with van der Waals surface area (Å²) in [6.07, 6.45) is 4.37. The third kappa shape index (κ3) is 1.98. The molecule has 0 aromatic heterocycles. The van der Waals surface area contributed by atoms with Gasteiger partial charge in [-0.3, -0.25) is 4.79 Å². The fourth-order valence-corrected chi connectivity index (χ4v) is 6.35. The van der Waals surface area contributed by atoms with Gasteiger partial charge >= 0.3 is 0 Å². The van der Waals surface area contributed by atoms with Crippen LogP contribution in [0.4, 0.5) is 0 Å². The Morgan fingerprint density at radius 1 is 1.10 bits per heavy atom. The van der Waals surface area contributed by atoms with E-state index in [1.807, 2.05) is 23.5 Å². The van der Waals surface area contributed by atoms with Gasteiger partial charge in [0, 0.05) is 26.7 Å². The molecule has 3 heteroatoms. The van der Waals surface area contributed by atoms with Gasteiger partial charge in [0.1, 0.15) is 0 Å². The Bertz CT molecular complexity index is 570. The summed E-state index contributed by atoms with van der Waals surface area (Å²) in [4.78, 5) is 13.0. The number of Topliss-reactive ketones (excluding diaryl/α,β-unsaturated/α-hetero) is 1. The number of allylic oxidation sites excluding steroid dienone is 1. The summed E-state index contributed by atoms with van der Waals surface area (Å²) in [6.45, 7) is 0. The van der Waals surface area contributed by atoms with E-state index in [0.717, 1.165) is 19.3 Å². The summed E-state index contributed by atoms with van der Waals surface area (Å²) in [5, 5.41) is 0. The highest BCUT2D eigenvalue weighted by Crippen LogP contribution is 2.66. The molecule has 0 N–H and O–H groups in total. The summed E-state index contributed by atoms with van der Waals surface area (Å²) >= 11 is 3.80. The summed E-state index contributed by atoms with van der Waals surface area (Å²) in [5.41, 5.74) is 2.49. The summed E-state index contributed by atoms with van der Waals surface area (Å²) in [6, 6.07) is 10.6. The normalized spacial score (nSPS) is 33.0. The molecule has 2 saturated carbocycles. The quantitative estimate of drug-likeness (QED) is 0.705. The van der Waals surface area contributed by atoms with Crippen LogP contribution in [0.2, 0.25) is 0 Å². The summed E-state index contributed by atoms with van der Waals surface area (Å²) < 4.78 is 1.34. The van der Waals surface area contributed by atoms with Crippen LogP contribution in [0.1, 0.15) is 37.2 Å². The predicted molar refractivity (Wildman–Crippen MR) is 87.0 cm³/mol. The second-order valence-corrected chi connectivity index (χ2v) is 8.44. The Balaban J connectivity index is 1.64. The first-order valence-electron chi connectivity index (χ1n) is 7.40. The van der Waals surface area contributed by atoms with Crippen LogP contribution in [0.3, 0.4) is 0 Å². The van der Waals surface area contributed by atoms with E-state index >= 15 is 0 Å². The van der Waals surface area contributed by atoms with Gasteiger partial charge in [-0.15, -0.1) is 23.5 Å². The van der Waals surface area contributed by atoms with Crippen molar-refractivity contribution in [3.8, 4) is 0 Å². The van der Waals surface area contributed by atoms with Crippen molar-refractivity contribution in [3.63, 3.8) is 0 Å². The van der Waals surface area contributed by atoms with Gasteiger partial charge < -0.3 is 0 Å². The molecule has 2 unspecified atom stereocenters. The summed E-state index contributed by atoms with van der Waals surface area (Å²) in [7, 11) is 0. The molecule has 1 heterocycles.